The molecule has 0 radical (unpaired) electrons. The number of hydrogen-bond donors (Lipinski definition) is 1. The molecule has 0 saturated carbocycles. The van der Waals surface area contributed by atoms with Crippen molar-refractivity contribution in [3.63, 3.8) is 0 Å². The monoisotopic (exact) mass is 386 g/mol. The van der Waals surface area contributed by atoms with Crippen LogP contribution in [0.5, 0.6) is 0 Å². The molecular weight excluding hydrogens is 368 g/mol. The van der Waals surface area contributed by atoms with E-state index in [1.165, 1.54) is 0 Å². The summed E-state index contributed by atoms with van der Waals surface area (Å²) in [6, 6.07) is 9.57. The lowest BCUT2D eigenvalue weighted by molar-refractivity contribution is -0.127. The molecule has 3 rings (SSSR count). The van der Waals surface area contributed by atoms with E-state index < -0.39 is 17.1 Å². The third-order valence-corrected chi connectivity index (χ3v) is 5.81. The Hall–Kier alpha value is -2.38. The maximum absolute atomic E-state index is 12.5. The number of amides is 3. The SMILES string of the molecule is Cc1ccc(/C=C2/SC(=O)N(CC(=O)Nc3c(C)cccc3C)C2=O)s1. The van der Waals surface area contributed by atoms with Crippen molar-refractivity contribution in [3.8, 4) is 0 Å². The third-order valence-electron chi connectivity index (χ3n) is 3.96. The number of nitrogens with one attached hydrogen (secondary N) is 1. The Labute approximate surface area is 160 Å². The second kappa shape index (κ2) is 7.47. The first-order chi connectivity index (χ1) is 12.3. The zero-order valence-corrected chi connectivity index (χ0v) is 16.3. The van der Waals surface area contributed by atoms with Gasteiger partial charge in [-0.25, -0.2) is 0 Å². The van der Waals surface area contributed by atoms with Crippen LogP contribution >= 0.6 is 23.1 Å². The fraction of sp³-hybridized carbons (Fsp3) is 0.211. The van der Waals surface area contributed by atoms with Crippen LogP contribution in [0.3, 0.4) is 0 Å². The molecule has 1 N–H and O–H groups in total. The predicted octanol–water partition coefficient (Wildman–Crippen LogP) is 4.35. The number of thiophene rings is 1. The van der Waals surface area contributed by atoms with Gasteiger partial charge < -0.3 is 5.32 Å². The molecule has 0 aliphatic carbocycles. The smallest absolute Gasteiger partial charge is 0.294 e. The summed E-state index contributed by atoms with van der Waals surface area (Å²) in [5.74, 6) is -0.819. The highest BCUT2D eigenvalue weighted by atomic mass is 32.2. The van der Waals surface area contributed by atoms with E-state index in [4.69, 9.17) is 0 Å². The van der Waals surface area contributed by atoms with Crippen LogP contribution < -0.4 is 5.32 Å². The average Bonchev–Trinajstić information content (AvgIpc) is 3.10. The Kier molecular flexibility index (Phi) is 5.29. The Morgan fingerprint density at radius 1 is 1.12 bits per heavy atom. The van der Waals surface area contributed by atoms with E-state index in [1.54, 1.807) is 17.4 Å². The minimum absolute atomic E-state index is 0.292. The quantitative estimate of drug-likeness (QED) is 0.794. The van der Waals surface area contributed by atoms with Gasteiger partial charge in [-0.3, -0.25) is 19.3 Å². The fourth-order valence-corrected chi connectivity index (χ4v) is 4.36. The van der Waals surface area contributed by atoms with E-state index in [2.05, 4.69) is 5.32 Å². The Bertz CT molecular complexity index is 910. The van der Waals surface area contributed by atoms with Gasteiger partial charge in [0.1, 0.15) is 6.54 Å². The molecule has 0 spiro atoms. The van der Waals surface area contributed by atoms with Gasteiger partial charge in [-0.05, 0) is 61.9 Å². The first kappa shape index (κ1) is 18.4. The van der Waals surface area contributed by atoms with Gasteiger partial charge in [0.05, 0.1) is 4.91 Å². The second-order valence-corrected chi connectivity index (χ2v) is 8.34. The van der Waals surface area contributed by atoms with Crippen molar-refractivity contribution < 1.29 is 14.4 Å². The van der Waals surface area contributed by atoms with Gasteiger partial charge in [-0.15, -0.1) is 11.3 Å². The zero-order valence-electron chi connectivity index (χ0n) is 14.7. The first-order valence-corrected chi connectivity index (χ1v) is 9.66. The number of rotatable bonds is 4. The molecule has 1 saturated heterocycles. The number of para-hydroxylation sites is 1. The minimum atomic E-state index is -0.428. The second-order valence-electron chi connectivity index (χ2n) is 6.03. The van der Waals surface area contributed by atoms with Crippen LogP contribution in [0.1, 0.15) is 20.9 Å². The molecular formula is C19H18N2O3S2. The highest BCUT2D eigenvalue weighted by Crippen LogP contribution is 2.33. The highest BCUT2D eigenvalue weighted by Gasteiger charge is 2.36. The van der Waals surface area contributed by atoms with Crippen LogP contribution in [0.25, 0.3) is 6.08 Å². The molecule has 1 aliphatic heterocycles. The average molecular weight is 386 g/mol. The normalized spacial score (nSPS) is 15.8. The highest BCUT2D eigenvalue weighted by molar-refractivity contribution is 8.18. The van der Waals surface area contributed by atoms with E-state index >= 15 is 0 Å². The number of carbonyl (C=O) groups excluding carboxylic acids is 3. The van der Waals surface area contributed by atoms with Crippen LogP contribution in [-0.2, 0) is 9.59 Å². The van der Waals surface area contributed by atoms with Crippen LogP contribution in [0.15, 0.2) is 35.2 Å². The standard InChI is InChI=1S/C19H18N2O3S2/c1-11-5-4-6-12(2)17(11)20-16(22)10-21-18(23)15(26-19(21)24)9-14-8-7-13(3)25-14/h4-9H,10H2,1-3H3,(H,20,22)/b15-9+. The molecule has 3 amide bonds. The number of hydrogen-bond acceptors (Lipinski definition) is 5. The summed E-state index contributed by atoms with van der Waals surface area (Å²) in [6.07, 6.45) is 1.70. The van der Waals surface area contributed by atoms with E-state index in [1.807, 2.05) is 51.1 Å². The number of imide groups is 1. The van der Waals surface area contributed by atoms with Gasteiger partial charge in [-0.1, -0.05) is 18.2 Å². The Morgan fingerprint density at radius 3 is 2.42 bits per heavy atom. The van der Waals surface area contributed by atoms with E-state index in [0.29, 0.717) is 10.6 Å². The summed E-state index contributed by atoms with van der Waals surface area (Å²) < 4.78 is 0. The van der Waals surface area contributed by atoms with Gasteiger partial charge in [0.2, 0.25) is 5.91 Å². The molecule has 0 atom stereocenters. The van der Waals surface area contributed by atoms with Crippen molar-refractivity contribution in [2.24, 2.45) is 0 Å². The number of carbonyl (C=O) groups is 3. The molecule has 26 heavy (non-hydrogen) atoms. The van der Waals surface area contributed by atoms with Crippen molar-refractivity contribution in [3.05, 3.63) is 56.1 Å². The molecule has 2 aromatic rings. The lowest BCUT2D eigenvalue weighted by Crippen LogP contribution is -2.36. The van der Waals surface area contributed by atoms with Gasteiger partial charge >= 0.3 is 0 Å². The number of nitrogens with zero attached hydrogens (tertiary/aromatic N) is 1. The minimum Gasteiger partial charge on any atom is -0.324 e. The topological polar surface area (TPSA) is 66.5 Å². The summed E-state index contributed by atoms with van der Waals surface area (Å²) in [5, 5.41) is 2.38. The van der Waals surface area contributed by atoms with Crippen LogP contribution in [0.2, 0.25) is 0 Å². The summed E-state index contributed by atoms with van der Waals surface area (Å²) in [7, 11) is 0. The van der Waals surface area contributed by atoms with E-state index in [0.717, 1.165) is 37.5 Å². The molecule has 134 valence electrons. The van der Waals surface area contributed by atoms with Crippen molar-refractivity contribution in [1.29, 1.82) is 0 Å². The maximum Gasteiger partial charge on any atom is 0.294 e. The Balaban J connectivity index is 1.71. The molecule has 1 aliphatic rings. The molecule has 7 heteroatoms. The summed E-state index contributed by atoms with van der Waals surface area (Å²) >= 11 is 2.41. The first-order valence-electron chi connectivity index (χ1n) is 8.03. The zero-order chi connectivity index (χ0) is 18.8. The third kappa shape index (κ3) is 3.89. The molecule has 5 nitrogen and oxygen atoms in total. The van der Waals surface area contributed by atoms with E-state index in [9.17, 15) is 14.4 Å². The van der Waals surface area contributed by atoms with Crippen LogP contribution in [0, 0.1) is 20.8 Å². The van der Waals surface area contributed by atoms with Crippen molar-refractivity contribution in [1.82, 2.24) is 4.90 Å². The predicted molar refractivity (Wildman–Crippen MR) is 106 cm³/mol. The number of thioether (sulfide) groups is 1. The van der Waals surface area contributed by atoms with Crippen molar-refractivity contribution >= 4 is 51.9 Å². The molecule has 2 heterocycles. The number of aryl methyl sites for hydroxylation is 3. The van der Waals surface area contributed by atoms with Gasteiger partial charge in [0.15, 0.2) is 0 Å². The fourth-order valence-electron chi connectivity index (χ4n) is 2.63. The number of benzene rings is 1. The molecule has 1 aromatic carbocycles. The van der Waals surface area contributed by atoms with Crippen LogP contribution in [0.4, 0.5) is 10.5 Å². The summed E-state index contributed by atoms with van der Waals surface area (Å²) in [6.45, 7) is 5.48. The maximum atomic E-state index is 12.5. The van der Waals surface area contributed by atoms with Gasteiger partial charge in [0.25, 0.3) is 11.1 Å². The molecule has 1 aromatic heterocycles. The lowest BCUT2D eigenvalue weighted by Gasteiger charge is -2.15. The largest absolute Gasteiger partial charge is 0.324 e. The van der Waals surface area contributed by atoms with E-state index in [-0.39, 0.29) is 6.54 Å². The molecule has 0 unspecified atom stereocenters. The van der Waals surface area contributed by atoms with Crippen molar-refractivity contribution in [2.45, 2.75) is 20.8 Å². The van der Waals surface area contributed by atoms with Crippen LogP contribution in [-0.4, -0.2) is 28.5 Å². The number of anilines is 1. The summed E-state index contributed by atoms with van der Waals surface area (Å²) in [5.41, 5.74) is 2.58. The van der Waals surface area contributed by atoms with Gasteiger partial charge in [-0.2, -0.15) is 0 Å². The van der Waals surface area contributed by atoms with Gasteiger partial charge in [0, 0.05) is 15.4 Å². The summed E-state index contributed by atoms with van der Waals surface area (Å²) in [4.78, 5) is 40.4. The lowest BCUT2D eigenvalue weighted by atomic mass is 10.1. The molecule has 1 fully saturated rings. The molecule has 0 bridgehead atoms. The van der Waals surface area contributed by atoms with Crippen molar-refractivity contribution in [2.75, 3.05) is 11.9 Å². The Morgan fingerprint density at radius 2 is 1.81 bits per heavy atom.